The van der Waals surface area contributed by atoms with Gasteiger partial charge in [0.1, 0.15) is 5.75 Å². The van der Waals surface area contributed by atoms with Crippen molar-refractivity contribution in [2.24, 2.45) is 4.99 Å². The molecule has 1 aromatic carbocycles. The number of phenols is 1. The van der Waals surface area contributed by atoms with E-state index < -0.39 is 0 Å². The SMILES string of the molecule is CN=C(NCc1c(O)ccc2c1CCCC2)NC1CCN(c2cccs2)CC1. The summed E-state index contributed by atoms with van der Waals surface area (Å²) in [7, 11) is 1.82. The second-order valence-corrected chi connectivity index (χ2v) is 8.62. The highest BCUT2D eigenvalue weighted by Crippen LogP contribution is 2.30. The average molecular weight is 399 g/mol. The lowest BCUT2D eigenvalue weighted by molar-refractivity contribution is 0.457. The Morgan fingerprint density at radius 2 is 2.04 bits per heavy atom. The highest BCUT2D eigenvalue weighted by atomic mass is 32.1. The standard InChI is InChI=1S/C22H30N4OS/c1-23-22(25-17-10-12-26(13-11-17)21-7-4-14-28-21)24-15-19-18-6-3-2-5-16(18)8-9-20(19)27/h4,7-9,14,17,27H,2-3,5-6,10-13,15H2,1H3,(H2,23,24,25). The first-order valence-electron chi connectivity index (χ1n) is 10.3. The lowest BCUT2D eigenvalue weighted by Gasteiger charge is -2.33. The number of nitrogens with zero attached hydrogens (tertiary/aromatic N) is 2. The molecule has 1 saturated heterocycles. The molecule has 5 nitrogen and oxygen atoms in total. The number of phenolic OH excluding ortho intramolecular Hbond substituents is 1. The molecule has 3 N–H and O–H groups in total. The molecule has 0 amide bonds. The molecule has 1 aliphatic heterocycles. The highest BCUT2D eigenvalue weighted by molar-refractivity contribution is 7.14. The number of hydrogen-bond acceptors (Lipinski definition) is 4. The fraction of sp³-hybridized carbons (Fsp3) is 0.500. The van der Waals surface area contributed by atoms with Crippen molar-refractivity contribution < 1.29 is 5.11 Å². The number of fused-ring (bicyclic) bond motifs is 1. The van der Waals surface area contributed by atoms with Gasteiger partial charge in [0.15, 0.2) is 5.96 Å². The third-order valence-electron chi connectivity index (χ3n) is 5.94. The van der Waals surface area contributed by atoms with Crippen molar-refractivity contribution in [1.29, 1.82) is 0 Å². The van der Waals surface area contributed by atoms with Crippen LogP contribution in [0.5, 0.6) is 5.75 Å². The normalized spacial score (nSPS) is 18.0. The van der Waals surface area contributed by atoms with E-state index in [9.17, 15) is 5.11 Å². The van der Waals surface area contributed by atoms with Crippen molar-refractivity contribution >= 4 is 22.3 Å². The summed E-state index contributed by atoms with van der Waals surface area (Å²) in [5.74, 6) is 1.22. The zero-order valence-corrected chi connectivity index (χ0v) is 17.4. The summed E-state index contributed by atoms with van der Waals surface area (Å²) >= 11 is 1.81. The lowest BCUT2D eigenvalue weighted by Crippen LogP contribution is -2.48. The summed E-state index contributed by atoms with van der Waals surface area (Å²) in [6.07, 6.45) is 6.85. The number of piperidine rings is 1. The van der Waals surface area contributed by atoms with Gasteiger partial charge in [0.25, 0.3) is 0 Å². The number of benzene rings is 1. The molecule has 0 bridgehead atoms. The summed E-state index contributed by atoms with van der Waals surface area (Å²) in [4.78, 5) is 6.87. The Hall–Kier alpha value is -2.21. The number of guanidine groups is 1. The van der Waals surface area contributed by atoms with E-state index in [-0.39, 0.29) is 0 Å². The Morgan fingerprint density at radius 1 is 1.21 bits per heavy atom. The predicted octanol–water partition coefficient (Wildman–Crippen LogP) is 3.67. The predicted molar refractivity (Wildman–Crippen MR) is 118 cm³/mol. The van der Waals surface area contributed by atoms with Crippen LogP contribution in [-0.2, 0) is 19.4 Å². The third-order valence-corrected chi connectivity index (χ3v) is 6.87. The van der Waals surface area contributed by atoms with Crippen LogP contribution < -0.4 is 15.5 Å². The summed E-state index contributed by atoms with van der Waals surface area (Å²) in [6, 6.07) is 8.68. The van der Waals surface area contributed by atoms with E-state index in [0.717, 1.165) is 50.3 Å². The first-order chi connectivity index (χ1) is 13.7. The Kier molecular flexibility index (Phi) is 6.05. The first kappa shape index (κ1) is 19.1. The Morgan fingerprint density at radius 3 is 2.79 bits per heavy atom. The number of aliphatic imine (C=N–C) groups is 1. The van der Waals surface area contributed by atoms with Crippen molar-refractivity contribution in [3.63, 3.8) is 0 Å². The first-order valence-corrected chi connectivity index (χ1v) is 11.2. The van der Waals surface area contributed by atoms with Crippen molar-refractivity contribution in [2.75, 3.05) is 25.0 Å². The van der Waals surface area contributed by atoms with E-state index in [1.54, 1.807) is 0 Å². The van der Waals surface area contributed by atoms with Gasteiger partial charge in [-0.2, -0.15) is 0 Å². The van der Waals surface area contributed by atoms with Crippen LogP contribution in [0.3, 0.4) is 0 Å². The van der Waals surface area contributed by atoms with Crippen LogP contribution in [-0.4, -0.2) is 37.2 Å². The van der Waals surface area contributed by atoms with E-state index in [4.69, 9.17) is 0 Å². The molecular weight excluding hydrogens is 368 g/mol. The van der Waals surface area contributed by atoms with Crippen molar-refractivity contribution in [3.05, 3.63) is 46.3 Å². The van der Waals surface area contributed by atoms with Crippen LogP contribution in [0.4, 0.5) is 5.00 Å². The Balaban J connectivity index is 1.33. The molecule has 4 rings (SSSR count). The number of aromatic hydroxyl groups is 1. The monoisotopic (exact) mass is 398 g/mol. The van der Waals surface area contributed by atoms with Crippen LogP contribution in [0.1, 0.15) is 42.4 Å². The average Bonchev–Trinajstić information content (AvgIpc) is 3.27. The van der Waals surface area contributed by atoms with E-state index in [1.165, 1.54) is 29.0 Å². The molecule has 0 atom stereocenters. The minimum Gasteiger partial charge on any atom is -0.508 e. The highest BCUT2D eigenvalue weighted by Gasteiger charge is 2.21. The molecule has 2 aromatic rings. The van der Waals surface area contributed by atoms with Crippen molar-refractivity contribution in [1.82, 2.24) is 10.6 Å². The minimum absolute atomic E-state index is 0.396. The van der Waals surface area contributed by atoms with Gasteiger partial charge in [0.05, 0.1) is 5.00 Å². The maximum absolute atomic E-state index is 10.4. The second kappa shape index (κ2) is 8.86. The van der Waals surface area contributed by atoms with E-state index in [0.29, 0.717) is 18.3 Å². The minimum atomic E-state index is 0.396. The smallest absolute Gasteiger partial charge is 0.191 e. The topological polar surface area (TPSA) is 59.9 Å². The number of nitrogens with one attached hydrogen (secondary N) is 2. The third kappa shape index (κ3) is 4.27. The summed E-state index contributed by atoms with van der Waals surface area (Å²) in [6.45, 7) is 2.76. The molecule has 1 aromatic heterocycles. The molecule has 6 heteroatoms. The maximum Gasteiger partial charge on any atom is 0.191 e. The number of aryl methyl sites for hydroxylation is 1. The molecule has 2 aliphatic rings. The van der Waals surface area contributed by atoms with Crippen molar-refractivity contribution in [2.45, 2.75) is 51.1 Å². The van der Waals surface area contributed by atoms with Crippen LogP contribution in [0.25, 0.3) is 0 Å². The van der Waals surface area contributed by atoms with E-state index >= 15 is 0 Å². The number of anilines is 1. The second-order valence-electron chi connectivity index (χ2n) is 7.69. The van der Waals surface area contributed by atoms with Crippen LogP contribution in [0.15, 0.2) is 34.6 Å². The van der Waals surface area contributed by atoms with E-state index in [1.807, 2.05) is 24.5 Å². The summed E-state index contributed by atoms with van der Waals surface area (Å²) in [5.41, 5.74) is 3.76. The Labute approximate surface area is 171 Å². The van der Waals surface area contributed by atoms with Gasteiger partial charge < -0.3 is 20.6 Å². The molecular formula is C22H30N4OS. The van der Waals surface area contributed by atoms with Gasteiger partial charge in [0.2, 0.25) is 0 Å². The fourth-order valence-corrected chi connectivity index (χ4v) is 5.13. The fourth-order valence-electron chi connectivity index (χ4n) is 4.34. The number of hydrogen-bond donors (Lipinski definition) is 3. The largest absolute Gasteiger partial charge is 0.508 e. The van der Waals surface area contributed by atoms with Gasteiger partial charge >= 0.3 is 0 Å². The number of thiophene rings is 1. The quantitative estimate of drug-likeness (QED) is 0.543. The molecule has 0 unspecified atom stereocenters. The molecule has 0 saturated carbocycles. The van der Waals surface area contributed by atoms with Gasteiger partial charge in [-0.15, -0.1) is 11.3 Å². The van der Waals surface area contributed by atoms with Gasteiger partial charge in [-0.1, -0.05) is 6.07 Å². The zero-order chi connectivity index (χ0) is 19.3. The number of rotatable bonds is 4. The molecule has 0 radical (unpaired) electrons. The molecule has 0 spiro atoms. The van der Waals surface area contributed by atoms with Crippen LogP contribution in [0, 0.1) is 0 Å². The van der Waals surface area contributed by atoms with Gasteiger partial charge in [-0.3, -0.25) is 4.99 Å². The Bertz CT molecular complexity index is 810. The lowest BCUT2D eigenvalue weighted by atomic mass is 9.88. The molecule has 150 valence electrons. The molecule has 1 aliphatic carbocycles. The van der Waals surface area contributed by atoms with Crippen LogP contribution >= 0.6 is 11.3 Å². The van der Waals surface area contributed by atoms with Gasteiger partial charge in [0, 0.05) is 38.3 Å². The maximum atomic E-state index is 10.4. The zero-order valence-electron chi connectivity index (χ0n) is 16.6. The van der Waals surface area contributed by atoms with Crippen molar-refractivity contribution in [3.8, 4) is 5.75 Å². The molecule has 28 heavy (non-hydrogen) atoms. The molecule has 1 fully saturated rings. The molecule has 2 heterocycles. The van der Waals surface area contributed by atoms with E-state index in [2.05, 4.69) is 44.1 Å². The van der Waals surface area contributed by atoms with Gasteiger partial charge in [-0.05, 0) is 73.2 Å². The van der Waals surface area contributed by atoms with Crippen LogP contribution in [0.2, 0.25) is 0 Å². The summed E-state index contributed by atoms with van der Waals surface area (Å²) in [5, 5.41) is 20.9. The van der Waals surface area contributed by atoms with Gasteiger partial charge in [-0.25, -0.2) is 0 Å². The summed E-state index contributed by atoms with van der Waals surface area (Å²) < 4.78 is 0.